The number of benzene rings is 3. The van der Waals surface area contributed by atoms with Crippen LogP contribution in [0.3, 0.4) is 0 Å². The fourth-order valence-electron chi connectivity index (χ4n) is 6.70. The summed E-state index contributed by atoms with van der Waals surface area (Å²) in [5.41, 5.74) is 2.13. The summed E-state index contributed by atoms with van der Waals surface area (Å²) in [6, 6.07) is 21.9. The summed E-state index contributed by atoms with van der Waals surface area (Å²) >= 11 is 0. The van der Waals surface area contributed by atoms with Crippen molar-refractivity contribution in [3.05, 3.63) is 96.1 Å². The predicted octanol–water partition coefficient (Wildman–Crippen LogP) is 7.75. The van der Waals surface area contributed by atoms with E-state index in [-0.39, 0.29) is 17.4 Å². The highest BCUT2D eigenvalue weighted by Gasteiger charge is 2.51. The van der Waals surface area contributed by atoms with Gasteiger partial charge in [0.2, 0.25) is 10.0 Å². The number of aliphatic carboxylic acids is 1. The molecule has 8 nitrogen and oxygen atoms in total. The maximum absolute atomic E-state index is 13.9. The van der Waals surface area contributed by atoms with E-state index in [4.69, 9.17) is 14.2 Å². The fourth-order valence-corrected chi connectivity index (χ4v) is 8.27. The van der Waals surface area contributed by atoms with Crippen molar-refractivity contribution in [1.29, 1.82) is 0 Å². The lowest BCUT2D eigenvalue weighted by Crippen LogP contribution is -2.55. The lowest BCUT2D eigenvalue weighted by molar-refractivity contribution is -0.159. The van der Waals surface area contributed by atoms with Crippen molar-refractivity contribution in [2.45, 2.75) is 76.4 Å². The van der Waals surface area contributed by atoms with E-state index in [1.165, 1.54) is 0 Å². The SMILES string of the molecule is C=C(C)[C@@H]1C[C@@]2(CCCN(S(=O)(=O)c3ccc(C(C)(C)C)cc3)C2)[C@@H](C)O[C@H]1c1cc(Oc2ccccc2)ccc1OCC(=O)O. The number of carboxylic acids is 1. The molecule has 2 aliphatic rings. The number of hydrogen-bond acceptors (Lipinski definition) is 6. The molecule has 4 atom stereocenters. The minimum absolute atomic E-state index is 0.0772. The average molecular weight is 648 g/mol. The van der Waals surface area contributed by atoms with Crippen molar-refractivity contribution in [3.63, 3.8) is 0 Å². The van der Waals surface area contributed by atoms with Crippen molar-refractivity contribution in [1.82, 2.24) is 4.31 Å². The summed E-state index contributed by atoms with van der Waals surface area (Å²) in [5, 5.41) is 9.35. The topological polar surface area (TPSA) is 102 Å². The molecule has 9 heteroatoms. The summed E-state index contributed by atoms with van der Waals surface area (Å²) in [6.45, 7) is 14.9. The van der Waals surface area contributed by atoms with Gasteiger partial charge < -0.3 is 19.3 Å². The molecule has 0 amide bonds. The van der Waals surface area contributed by atoms with Crippen LogP contribution < -0.4 is 9.47 Å². The van der Waals surface area contributed by atoms with Crippen LogP contribution in [0, 0.1) is 11.3 Å². The van der Waals surface area contributed by atoms with Crippen molar-refractivity contribution in [2.75, 3.05) is 19.7 Å². The molecule has 2 fully saturated rings. The number of nitrogens with zero attached hydrogens (tertiary/aromatic N) is 1. The van der Waals surface area contributed by atoms with Crippen LogP contribution in [-0.2, 0) is 25.0 Å². The van der Waals surface area contributed by atoms with Crippen LogP contribution in [0.2, 0.25) is 0 Å². The van der Waals surface area contributed by atoms with Gasteiger partial charge in [-0.1, -0.05) is 63.3 Å². The Balaban J connectivity index is 1.44. The van der Waals surface area contributed by atoms with E-state index in [1.807, 2.05) is 62.4 Å². The van der Waals surface area contributed by atoms with Crippen molar-refractivity contribution in [3.8, 4) is 17.2 Å². The fraction of sp³-hybridized carbons (Fsp3) is 0.432. The van der Waals surface area contributed by atoms with Crippen LogP contribution in [0.1, 0.15) is 71.1 Å². The molecule has 1 spiro atoms. The minimum Gasteiger partial charge on any atom is -0.482 e. The second-order valence-electron chi connectivity index (χ2n) is 13.7. The van der Waals surface area contributed by atoms with Crippen LogP contribution in [0.25, 0.3) is 0 Å². The first-order chi connectivity index (χ1) is 21.7. The summed E-state index contributed by atoms with van der Waals surface area (Å²) < 4.78 is 48.2. The van der Waals surface area contributed by atoms with Crippen LogP contribution >= 0.6 is 0 Å². The van der Waals surface area contributed by atoms with Gasteiger partial charge in [-0.15, -0.1) is 0 Å². The molecule has 246 valence electrons. The Morgan fingerprint density at radius 2 is 1.76 bits per heavy atom. The largest absolute Gasteiger partial charge is 0.482 e. The molecule has 0 aliphatic carbocycles. The second kappa shape index (κ2) is 13.2. The van der Waals surface area contributed by atoms with Crippen molar-refractivity contribution < 1.29 is 32.5 Å². The first kappa shape index (κ1) is 33.7. The molecule has 3 aromatic carbocycles. The van der Waals surface area contributed by atoms with E-state index >= 15 is 0 Å². The molecular formula is C37H45NO7S. The van der Waals surface area contributed by atoms with Crippen LogP contribution in [0.4, 0.5) is 0 Å². The van der Waals surface area contributed by atoms with Crippen molar-refractivity contribution in [2.24, 2.45) is 11.3 Å². The van der Waals surface area contributed by atoms with Gasteiger partial charge >= 0.3 is 5.97 Å². The normalized spacial score (nSPS) is 24.0. The predicted molar refractivity (Wildman–Crippen MR) is 178 cm³/mol. The number of piperidine rings is 1. The second-order valence-corrected chi connectivity index (χ2v) is 15.7. The Kier molecular flexibility index (Phi) is 9.68. The Labute approximate surface area is 273 Å². The lowest BCUT2D eigenvalue weighted by Gasteiger charge is -2.53. The van der Waals surface area contributed by atoms with E-state index in [0.29, 0.717) is 53.6 Å². The minimum atomic E-state index is -3.72. The van der Waals surface area contributed by atoms with Crippen LogP contribution in [-0.4, -0.2) is 49.6 Å². The standard InChI is InChI=1S/C37H45NO7S/c1-25(2)32-22-37(19-10-20-38(24-37)46(41,42)30-16-13-27(14-17-30)36(4,5)6)26(3)44-35(32)31-21-29(45-28-11-8-7-9-12-28)15-18-33(31)43-23-34(39)40/h7-9,11-18,21,26,32,35H,1,10,19-20,22-24H2,2-6H3,(H,39,40)/t26-,32+,35+,37-/m1/s1. The zero-order valence-corrected chi connectivity index (χ0v) is 28.2. The maximum Gasteiger partial charge on any atom is 0.341 e. The number of hydrogen-bond donors (Lipinski definition) is 1. The summed E-state index contributed by atoms with van der Waals surface area (Å²) in [5.74, 6) is 0.365. The number of sulfonamides is 1. The third-order valence-electron chi connectivity index (χ3n) is 9.39. The average Bonchev–Trinajstić information content (AvgIpc) is 3.01. The number of carbonyl (C=O) groups is 1. The quantitative estimate of drug-likeness (QED) is 0.237. The third kappa shape index (κ3) is 7.17. The van der Waals surface area contributed by atoms with E-state index < -0.39 is 34.1 Å². The number of carboxylic acid groups (broad SMARTS) is 1. The van der Waals surface area contributed by atoms with Gasteiger partial charge in [0, 0.05) is 30.0 Å². The summed E-state index contributed by atoms with van der Waals surface area (Å²) in [6.07, 6.45) is 1.39. The Morgan fingerprint density at radius 1 is 1.07 bits per heavy atom. The molecule has 3 aromatic rings. The Morgan fingerprint density at radius 3 is 2.39 bits per heavy atom. The van der Waals surface area contributed by atoms with Crippen molar-refractivity contribution >= 4 is 16.0 Å². The Hall–Kier alpha value is -3.66. The monoisotopic (exact) mass is 647 g/mol. The molecule has 0 radical (unpaired) electrons. The van der Waals surface area contributed by atoms with Gasteiger partial charge in [-0.2, -0.15) is 4.31 Å². The molecule has 2 saturated heterocycles. The van der Waals surface area contributed by atoms with Crippen LogP contribution in [0.15, 0.2) is 89.8 Å². The first-order valence-electron chi connectivity index (χ1n) is 15.8. The first-order valence-corrected chi connectivity index (χ1v) is 17.3. The van der Waals surface area contributed by atoms with E-state index in [9.17, 15) is 18.3 Å². The molecule has 0 aromatic heterocycles. The highest BCUT2D eigenvalue weighted by molar-refractivity contribution is 7.89. The van der Waals surface area contributed by atoms with Gasteiger partial charge in [0.25, 0.3) is 0 Å². The molecule has 2 heterocycles. The van der Waals surface area contributed by atoms with Gasteiger partial charge in [0.05, 0.1) is 17.1 Å². The highest BCUT2D eigenvalue weighted by atomic mass is 32.2. The third-order valence-corrected chi connectivity index (χ3v) is 11.2. The smallest absolute Gasteiger partial charge is 0.341 e. The van der Waals surface area contributed by atoms with Crippen LogP contribution in [0.5, 0.6) is 17.2 Å². The molecule has 2 aliphatic heterocycles. The number of rotatable bonds is 9. The highest BCUT2D eigenvalue weighted by Crippen LogP contribution is 2.54. The molecule has 0 unspecified atom stereocenters. The maximum atomic E-state index is 13.9. The Bertz CT molecular complexity index is 1660. The lowest BCUT2D eigenvalue weighted by atomic mass is 9.65. The van der Waals surface area contributed by atoms with E-state index in [1.54, 1.807) is 28.6 Å². The molecule has 1 N–H and O–H groups in total. The van der Waals surface area contributed by atoms with Gasteiger partial charge in [-0.25, -0.2) is 13.2 Å². The van der Waals surface area contributed by atoms with Gasteiger partial charge in [0.15, 0.2) is 6.61 Å². The zero-order chi connectivity index (χ0) is 33.3. The molecular weight excluding hydrogens is 602 g/mol. The van der Waals surface area contributed by atoms with E-state index in [2.05, 4.69) is 27.4 Å². The molecule has 0 saturated carbocycles. The number of para-hydroxylation sites is 1. The zero-order valence-electron chi connectivity index (χ0n) is 27.4. The molecule has 46 heavy (non-hydrogen) atoms. The van der Waals surface area contributed by atoms with Gasteiger partial charge in [-0.05, 0) is 86.6 Å². The summed E-state index contributed by atoms with van der Waals surface area (Å²) in [7, 11) is -3.72. The van der Waals surface area contributed by atoms with E-state index in [0.717, 1.165) is 17.6 Å². The summed E-state index contributed by atoms with van der Waals surface area (Å²) in [4.78, 5) is 11.7. The molecule has 0 bridgehead atoms. The number of ether oxygens (including phenoxy) is 3. The molecule has 5 rings (SSSR count). The van der Waals surface area contributed by atoms with Gasteiger partial charge in [-0.3, -0.25) is 0 Å². The van der Waals surface area contributed by atoms with Gasteiger partial charge in [0.1, 0.15) is 17.2 Å².